The summed E-state index contributed by atoms with van der Waals surface area (Å²) in [5, 5.41) is 31.4. The van der Waals surface area contributed by atoms with E-state index in [1.807, 2.05) is 39.0 Å². The normalized spacial score (nSPS) is 26.7. The van der Waals surface area contributed by atoms with Gasteiger partial charge in [0.15, 0.2) is 12.1 Å². The topological polar surface area (TPSA) is 256 Å². The highest BCUT2D eigenvalue weighted by Gasteiger charge is 2.48. The largest absolute Gasteiger partial charge is 0.450 e. The molecule has 1 unspecified atom stereocenters. The summed E-state index contributed by atoms with van der Waals surface area (Å²) in [5.41, 5.74) is -0.669. The molecule has 2 aromatic carbocycles. The number of likely N-dealkylation sites (N-methyl/N-ethyl adjacent to an activating group) is 4. The molecule has 2 fully saturated rings. The predicted molar refractivity (Wildman–Crippen MR) is 303 cm³/mol. The van der Waals surface area contributed by atoms with Crippen LogP contribution in [0.1, 0.15) is 120 Å². The molecule has 80 heavy (non-hydrogen) atoms. The first-order chi connectivity index (χ1) is 37.3. The molecule has 4 rings (SSSR count). The van der Waals surface area contributed by atoms with Crippen molar-refractivity contribution in [2.24, 2.45) is 29.6 Å². The first-order valence-electron chi connectivity index (χ1n) is 28.3. The number of ether oxygens (including phenoxy) is 1. The lowest BCUT2D eigenvalue weighted by Gasteiger charge is -2.40. The Morgan fingerprint density at radius 1 is 0.613 bits per heavy atom. The lowest BCUT2D eigenvalue weighted by atomic mass is 9.93. The van der Waals surface area contributed by atoms with Gasteiger partial charge in [-0.2, -0.15) is 0 Å². The Morgan fingerprint density at radius 3 is 1.57 bits per heavy atom. The average Bonchev–Trinajstić information content (AvgIpc) is 3.89. The standard InChI is InChI=1S/C60H92N8O12/c1-17-37(8)46-57(76)65(14)47(35(4)5)52(71)61-42(31-34(2)3)55(74)67(16)50(60(11,12)79)59(78)80-49(38(9)39(10)69)58(77)66(15)48(36(6)7)53(72)62-43(32-40-25-20-18-21-26-40)54(73)64(13)45(33-41-27-22-19-23-28-41)56(75)68-30-24-29-44(68)51(70)63-46/h18-23,25-28,34-39,42-50,69,79H,17,24,29-33H2,1-16H3,(H,61,71)(H,62,72)(H,63,70)/t37-,38-,39?,42+,43+,44+,45+,46+,47+,48+,49-,50-/m1/s1. The van der Waals surface area contributed by atoms with E-state index in [1.54, 1.807) is 77.1 Å². The van der Waals surface area contributed by atoms with Crippen molar-refractivity contribution in [2.45, 2.75) is 188 Å². The number of hydrogen-bond donors (Lipinski definition) is 5. The van der Waals surface area contributed by atoms with Gasteiger partial charge in [0, 0.05) is 53.5 Å². The fraction of sp³-hybridized carbons (Fsp3) is 0.650. The van der Waals surface area contributed by atoms with Gasteiger partial charge in [0.1, 0.15) is 42.3 Å². The molecule has 0 bridgehead atoms. The zero-order valence-electron chi connectivity index (χ0n) is 50.1. The van der Waals surface area contributed by atoms with Crippen LogP contribution >= 0.6 is 0 Å². The van der Waals surface area contributed by atoms with Crippen LogP contribution in [-0.4, -0.2) is 189 Å². The third-order valence-corrected chi connectivity index (χ3v) is 15.9. The molecule has 5 N–H and O–H groups in total. The van der Waals surface area contributed by atoms with Gasteiger partial charge < -0.3 is 55.4 Å². The maximum Gasteiger partial charge on any atom is 0.332 e. The minimum absolute atomic E-state index is 0.0251. The van der Waals surface area contributed by atoms with E-state index in [0.717, 1.165) is 9.80 Å². The van der Waals surface area contributed by atoms with Gasteiger partial charge in [-0.05, 0) is 74.8 Å². The van der Waals surface area contributed by atoms with Crippen LogP contribution in [0, 0.1) is 29.6 Å². The van der Waals surface area contributed by atoms with Gasteiger partial charge in [-0.3, -0.25) is 38.4 Å². The highest BCUT2D eigenvalue weighted by Crippen LogP contribution is 2.27. The fourth-order valence-corrected chi connectivity index (χ4v) is 11.0. The van der Waals surface area contributed by atoms with E-state index < -0.39 is 143 Å². The van der Waals surface area contributed by atoms with E-state index in [1.165, 1.54) is 70.6 Å². The Hall–Kier alpha value is -6.41. The van der Waals surface area contributed by atoms with Gasteiger partial charge in [0.2, 0.25) is 41.4 Å². The average molecular weight is 1120 g/mol. The van der Waals surface area contributed by atoms with Gasteiger partial charge in [0.25, 0.3) is 5.91 Å². The van der Waals surface area contributed by atoms with Crippen LogP contribution in [0.25, 0.3) is 0 Å². The molecule has 20 nitrogen and oxygen atoms in total. The summed E-state index contributed by atoms with van der Waals surface area (Å²) in [6.45, 7) is 19.7. The number of nitrogens with one attached hydrogen (secondary N) is 3. The Balaban J connectivity index is 1.99. The van der Waals surface area contributed by atoms with Crippen molar-refractivity contribution >= 4 is 53.2 Å². The number of carbonyl (C=O) groups excluding carboxylic acids is 9. The Labute approximate surface area is 474 Å². The van der Waals surface area contributed by atoms with Crippen LogP contribution < -0.4 is 16.0 Å². The number of aliphatic hydroxyl groups is 2. The maximum absolute atomic E-state index is 15.3. The van der Waals surface area contributed by atoms with Crippen molar-refractivity contribution in [3.8, 4) is 0 Å². The van der Waals surface area contributed by atoms with Gasteiger partial charge >= 0.3 is 5.97 Å². The molecule has 2 aliphatic rings. The molecule has 12 atom stereocenters. The van der Waals surface area contributed by atoms with Crippen molar-refractivity contribution in [3.05, 3.63) is 71.8 Å². The third kappa shape index (κ3) is 16.4. The number of nitrogens with zero attached hydrogens (tertiary/aromatic N) is 5. The van der Waals surface area contributed by atoms with E-state index in [2.05, 4.69) is 16.0 Å². The summed E-state index contributed by atoms with van der Waals surface area (Å²) in [5.74, 6) is -9.77. The molecule has 0 aliphatic carbocycles. The van der Waals surface area contributed by atoms with Crippen molar-refractivity contribution < 1.29 is 58.1 Å². The molecule has 8 amide bonds. The minimum Gasteiger partial charge on any atom is -0.450 e. The number of amides is 8. The van der Waals surface area contributed by atoms with E-state index in [9.17, 15) is 43.8 Å². The molecule has 0 aromatic heterocycles. The van der Waals surface area contributed by atoms with E-state index in [0.29, 0.717) is 24.0 Å². The SMILES string of the molecule is CC[C@@H](C)[C@@H]1NC(=O)[C@@H]2CCCN2C(=O)[C@H](Cc2ccccc2)N(C)C(=O)[C@H](Cc2ccccc2)NC(=O)[C@H](C(C)C)N(C)C(=O)[C@@H]([C@H](C)C(C)O)OC(=O)[C@H](C(C)(C)O)N(C)C(=O)[C@H](CC(C)C)NC(=O)[C@H](C(C)C)N(C)C1=O. The Bertz CT molecular complexity index is 2470. The second-order valence-corrected chi connectivity index (χ2v) is 23.9. The minimum atomic E-state index is -2.04. The summed E-state index contributed by atoms with van der Waals surface area (Å²) in [7, 11) is 5.51. The number of fused-ring (bicyclic) bond motifs is 1. The maximum atomic E-state index is 15.3. The van der Waals surface area contributed by atoms with Gasteiger partial charge in [-0.25, -0.2) is 4.79 Å². The van der Waals surface area contributed by atoms with Crippen LogP contribution in [-0.2, 0) is 60.7 Å². The van der Waals surface area contributed by atoms with Crippen LogP contribution in [0.5, 0.6) is 0 Å². The first kappa shape index (κ1) is 66.1. The number of rotatable bonds is 13. The molecule has 0 saturated carbocycles. The predicted octanol–water partition coefficient (Wildman–Crippen LogP) is 3.34. The first-order valence-corrected chi connectivity index (χ1v) is 28.3. The summed E-state index contributed by atoms with van der Waals surface area (Å²) < 4.78 is 6.00. The van der Waals surface area contributed by atoms with Crippen LogP contribution in [0.15, 0.2) is 60.7 Å². The van der Waals surface area contributed by atoms with Crippen molar-refractivity contribution in [3.63, 3.8) is 0 Å². The zero-order chi connectivity index (χ0) is 60.2. The summed E-state index contributed by atoms with van der Waals surface area (Å²) in [6.07, 6.45) is -1.91. The smallest absolute Gasteiger partial charge is 0.332 e. The van der Waals surface area contributed by atoms with E-state index in [4.69, 9.17) is 4.74 Å². The van der Waals surface area contributed by atoms with E-state index >= 15 is 9.59 Å². The van der Waals surface area contributed by atoms with Crippen LogP contribution in [0.3, 0.4) is 0 Å². The third-order valence-electron chi connectivity index (χ3n) is 15.9. The molecular weight excluding hydrogens is 1020 g/mol. The lowest BCUT2D eigenvalue weighted by molar-refractivity contribution is -0.179. The Morgan fingerprint density at radius 2 is 1.10 bits per heavy atom. The number of esters is 1. The second-order valence-electron chi connectivity index (χ2n) is 23.9. The molecule has 2 heterocycles. The summed E-state index contributed by atoms with van der Waals surface area (Å²) >= 11 is 0. The second kappa shape index (κ2) is 28.8. The number of cyclic esters (lactones) is 1. The molecule has 0 spiro atoms. The highest BCUT2D eigenvalue weighted by atomic mass is 16.6. The number of carbonyl (C=O) groups is 9. The monoisotopic (exact) mass is 1120 g/mol. The molecule has 20 heteroatoms. The fourth-order valence-electron chi connectivity index (χ4n) is 11.0. The Kier molecular flexibility index (Phi) is 23.8. The lowest BCUT2D eigenvalue weighted by Crippen LogP contribution is -2.63. The number of benzene rings is 2. The molecule has 2 aliphatic heterocycles. The molecule has 0 radical (unpaired) electrons. The number of hydrogen-bond acceptors (Lipinski definition) is 12. The van der Waals surface area contributed by atoms with Gasteiger partial charge in [-0.15, -0.1) is 0 Å². The molecule has 444 valence electrons. The van der Waals surface area contributed by atoms with Crippen molar-refractivity contribution in [1.82, 2.24) is 40.4 Å². The molecular formula is C60H92N8O12. The van der Waals surface area contributed by atoms with E-state index in [-0.39, 0.29) is 38.1 Å². The van der Waals surface area contributed by atoms with Crippen LogP contribution in [0.4, 0.5) is 0 Å². The summed E-state index contributed by atoms with van der Waals surface area (Å²) in [4.78, 5) is 140. The number of aliphatic hydroxyl groups excluding tert-OH is 1. The van der Waals surface area contributed by atoms with Crippen molar-refractivity contribution in [1.29, 1.82) is 0 Å². The highest BCUT2D eigenvalue weighted by molar-refractivity contribution is 5.99. The van der Waals surface area contributed by atoms with Gasteiger partial charge in [0.05, 0.1) is 11.7 Å². The molecule has 2 saturated heterocycles. The van der Waals surface area contributed by atoms with Crippen molar-refractivity contribution in [2.75, 3.05) is 34.7 Å². The zero-order valence-corrected chi connectivity index (χ0v) is 50.1. The summed E-state index contributed by atoms with van der Waals surface area (Å²) in [6, 6.07) is 7.58. The molecule has 2 aromatic rings. The van der Waals surface area contributed by atoms with Crippen LogP contribution in [0.2, 0.25) is 0 Å². The quantitative estimate of drug-likeness (QED) is 0.181. The van der Waals surface area contributed by atoms with Gasteiger partial charge in [-0.1, -0.05) is 129 Å².